The molecule has 75 heavy (non-hydrogen) atoms. The predicted octanol–water partition coefficient (Wildman–Crippen LogP) is 8.25. The molecule has 21 heteroatoms. The third-order valence-electron chi connectivity index (χ3n) is 15.2. The lowest BCUT2D eigenvalue weighted by molar-refractivity contribution is -0.346. The predicted molar refractivity (Wildman–Crippen MR) is 267 cm³/mol. The summed E-state index contributed by atoms with van der Waals surface area (Å²) >= 11 is 17.6. The van der Waals surface area contributed by atoms with Gasteiger partial charge in [-0.25, -0.2) is 19.2 Å². The molecule has 3 aromatic rings. The quantitative estimate of drug-likeness (QED) is 0.0842. The fraction of sp³-hybridized carbons (Fsp3) is 0.519. The van der Waals surface area contributed by atoms with Crippen molar-refractivity contribution in [1.82, 2.24) is 4.90 Å². The Balaban J connectivity index is 1.28. The number of hydrogen-bond donors (Lipinski definition) is 2. The van der Waals surface area contributed by atoms with Crippen molar-refractivity contribution in [3.8, 4) is 5.75 Å². The Morgan fingerprint density at radius 1 is 0.867 bits per heavy atom. The maximum atomic E-state index is 15.8. The molecule has 0 spiro atoms. The number of halogens is 3. The highest BCUT2D eigenvalue weighted by Gasteiger charge is 2.79. The SMILES string of the molecule is COc1ccc([C@H]2OC(C(=O)O[C@H]3C[C@@]4(O)[C@@H](OC(=O)c5ccccc5)[C@@H]5[C@]6(OC(C)=O)CO[C@@H]6C[C@H](OC(=O)OCC(Cl)(Cl)Cl)[C@@]5(C)C(=O)[C@H](O)C(=C3C)C4(C)C)[C@H](c3ccccc3)N2C(=O)OC(C)(C)C)cc1. The van der Waals surface area contributed by atoms with E-state index in [-0.39, 0.29) is 23.1 Å². The first kappa shape index (κ1) is 55.8. The molecule has 0 radical (unpaired) electrons. The van der Waals surface area contributed by atoms with Gasteiger partial charge in [-0.15, -0.1) is 0 Å². The molecule has 1 amide bonds. The van der Waals surface area contributed by atoms with E-state index >= 15 is 9.59 Å². The molecule has 404 valence electrons. The summed E-state index contributed by atoms with van der Waals surface area (Å²) in [5.74, 6) is -5.05. The molecular weight excluding hydrogens is 1040 g/mol. The van der Waals surface area contributed by atoms with E-state index in [0.29, 0.717) is 16.9 Å². The third-order valence-corrected chi connectivity index (χ3v) is 15.6. The summed E-state index contributed by atoms with van der Waals surface area (Å²) in [6, 6.07) is 21.9. The molecule has 12 atom stereocenters. The lowest BCUT2D eigenvalue weighted by Gasteiger charge is -2.67. The van der Waals surface area contributed by atoms with E-state index in [2.05, 4.69) is 0 Å². The number of aliphatic hydroxyl groups excluding tert-OH is 1. The van der Waals surface area contributed by atoms with Crippen LogP contribution < -0.4 is 4.74 Å². The van der Waals surface area contributed by atoms with Crippen LogP contribution in [0, 0.1) is 16.7 Å². The molecule has 4 fully saturated rings. The van der Waals surface area contributed by atoms with Crippen molar-refractivity contribution in [1.29, 1.82) is 0 Å². The van der Waals surface area contributed by atoms with Crippen LogP contribution in [0.4, 0.5) is 9.59 Å². The number of fused-ring (bicyclic) bond motifs is 5. The Kier molecular flexibility index (Phi) is 15.2. The van der Waals surface area contributed by atoms with E-state index in [1.807, 2.05) is 0 Å². The van der Waals surface area contributed by atoms with Crippen LogP contribution in [0.25, 0.3) is 0 Å². The highest BCUT2D eigenvalue weighted by Crippen LogP contribution is 2.65. The summed E-state index contributed by atoms with van der Waals surface area (Å²) < 4.78 is 52.1. The Hall–Kier alpha value is -5.47. The van der Waals surface area contributed by atoms with Crippen molar-refractivity contribution < 1.29 is 81.6 Å². The van der Waals surface area contributed by atoms with Gasteiger partial charge in [0.25, 0.3) is 0 Å². The smallest absolute Gasteiger partial charge is 0.497 e. The molecule has 2 N–H and O–H groups in total. The Labute approximate surface area is 448 Å². The van der Waals surface area contributed by atoms with Crippen molar-refractivity contribution in [2.45, 2.75) is 138 Å². The molecule has 8 rings (SSSR count). The molecule has 2 saturated carbocycles. The van der Waals surface area contributed by atoms with Crippen molar-refractivity contribution >= 4 is 70.7 Å². The number of methoxy groups -OCH3 is 1. The second-order valence-corrected chi connectivity index (χ2v) is 23.8. The molecule has 3 aromatic carbocycles. The Bertz CT molecular complexity index is 2730. The number of esters is 3. The second-order valence-electron chi connectivity index (χ2n) is 21.3. The van der Waals surface area contributed by atoms with Gasteiger partial charge >= 0.3 is 30.2 Å². The first-order valence-electron chi connectivity index (χ1n) is 24.3. The minimum Gasteiger partial charge on any atom is -0.497 e. The van der Waals surface area contributed by atoms with Crippen LogP contribution in [0.15, 0.2) is 96.1 Å². The summed E-state index contributed by atoms with van der Waals surface area (Å²) in [6.07, 6.45) is -14.3. The number of rotatable bonds is 10. The van der Waals surface area contributed by atoms with Gasteiger partial charge in [-0.3, -0.25) is 14.5 Å². The van der Waals surface area contributed by atoms with Gasteiger partial charge in [0.1, 0.15) is 60.1 Å². The van der Waals surface area contributed by atoms with E-state index in [1.165, 1.54) is 51.8 Å². The number of ketones is 1. The number of hydrogen-bond acceptors (Lipinski definition) is 17. The molecule has 2 aliphatic heterocycles. The fourth-order valence-electron chi connectivity index (χ4n) is 11.7. The molecule has 3 aliphatic carbocycles. The lowest BCUT2D eigenvalue weighted by atomic mass is 9.44. The van der Waals surface area contributed by atoms with Gasteiger partial charge in [0.15, 0.2) is 23.7 Å². The number of ether oxygens (including phenoxy) is 9. The molecule has 1 unspecified atom stereocenters. The number of nitrogens with zero attached hydrogens (tertiary/aromatic N) is 1. The zero-order valence-corrected chi connectivity index (χ0v) is 45.0. The first-order valence-corrected chi connectivity index (χ1v) is 25.4. The highest BCUT2D eigenvalue weighted by atomic mass is 35.6. The number of aliphatic hydroxyl groups is 2. The monoisotopic (exact) mass is 1100 g/mol. The van der Waals surface area contributed by atoms with E-state index in [1.54, 1.807) is 93.6 Å². The van der Waals surface area contributed by atoms with Gasteiger partial charge < -0.3 is 52.8 Å². The summed E-state index contributed by atoms with van der Waals surface area (Å²) in [4.78, 5) is 88.2. The Morgan fingerprint density at radius 3 is 2.05 bits per heavy atom. The zero-order chi connectivity index (χ0) is 54.8. The molecule has 2 bridgehead atoms. The molecule has 5 aliphatic rings. The number of amides is 1. The number of benzene rings is 3. The van der Waals surface area contributed by atoms with E-state index in [4.69, 9.17) is 77.4 Å². The second kappa shape index (κ2) is 20.5. The fourth-order valence-corrected chi connectivity index (χ4v) is 11.9. The van der Waals surface area contributed by atoms with E-state index in [9.17, 15) is 29.4 Å². The lowest BCUT2D eigenvalue weighted by Crippen LogP contribution is -2.82. The minimum atomic E-state index is -2.49. The molecule has 0 aromatic heterocycles. The number of Topliss-reactive ketones (excluding diaryl/α,β-unsaturated/α-hetero) is 1. The number of alkyl halides is 3. The molecule has 18 nitrogen and oxygen atoms in total. The normalized spacial score (nSPS) is 32.0. The van der Waals surface area contributed by atoms with Crippen LogP contribution in [0.2, 0.25) is 0 Å². The van der Waals surface area contributed by atoms with Crippen LogP contribution in [0.3, 0.4) is 0 Å². The van der Waals surface area contributed by atoms with Gasteiger partial charge in [-0.1, -0.05) is 109 Å². The third kappa shape index (κ3) is 10.2. The van der Waals surface area contributed by atoms with Gasteiger partial charge in [-0.05, 0) is 75.6 Å². The van der Waals surface area contributed by atoms with Crippen LogP contribution in [-0.2, 0) is 52.3 Å². The number of carbonyl (C=O) groups is 6. The van der Waals surface area contributed by atoms with Crippen LogP contribution in [-0.4, -0.2) is 129 Å². The average molecular weight is 1100 g/mol. The minimum absolute atomic E-state index is 0.0212. The van der Waals surface area contributed by atoms with Crippen LogP contribution in [0.1, 0.15) is 102 Å². The van der Waals surface area contributed by atoms with Crippen molar-refractivity contribution in [3.05, 3.63) is 113 Å². The van der Waals surface area contributed by atoms with E-state index < -0.39 is 142 Å². The highest BCUT2D eigenvalue weighted by molar-refractivity contribution is 6.67. The molecule has 2 heterocycles. The molecule has 2 saturated heterocycles. The van der Waals surface area contributed by atoms with Gasteiger partial charge in [0, 0.05) is 30.7 Å². The largest absolute Gasteiger partial charge is 0.508 e. The first-order chi connectivity index (χ1) is 35.1. The van der Waals surface area contributed by atoms with Gasteiger partial charge in [0.05, 0.1) is 30.6 Å². The van der Waals surface area contributed by atoms with Crippen molar-refractivity contribution in [3.63, 3.8) is 0 Å². The summed E-state index contributed by atoms with van der Waals surface area (Å²) in [7, 11) is 1.50. The summed E-state index contributed by atoms with van der Waals surface area (Å²) in [5, 5.41) is 26.8. The maximum absolute atomic E-state index is 15.8. The van der Waals surface area contributed by atoms with Crippen LogP contribution >= 0.6 is 34.8 Å². The van der Waals surface area contributed by atoms with Gasteiger partial charge in [0.2, 0.25) is 3.79 Å². The zero-order valence-electron chi connectivity index (χ0n) is 42.7. The topological polar surface area (TPSA) is 229 Å². The van der Waals surface area contributed by atoms with Crippen molar-refractivity contribution in [2.24, 2.45) is 16.7 Å². The van der Waals surface area contributed by atoms with Crippen molar-refractivity contribution in [2.75, 3.05) is 20.3 Å². The summed E-state index contributed by atoms with van der Waals surface area (Å²) in [6.45, 7) is 11.0. The maximum Gasteiger partial charge on any atom is 0.508 e. The standard InChI is InChI=1S/C54H60Cl3NO17/c1-28-34(70-46(63)40-38(30-16-12-10-13-17-30)58(47(64)75-49(3,4)5)44(72-40)31-20-22-33(67-9)23-21-31)25-53(66)43(73-45(62)32-18-14-11-15-19-32)41-51(8,42(61)39(60)37(28)50(53,6)7)35(71-48(65)69-27-54(55,56)57)24-36-52(41,26-68-36)74-29(2)59/h10-23,34-36,38-41,43-44,60,66H,24-27H2,1-9H3/t34-,35-,36+,38-,39+,40?,41-,43-,44+,51+,52-,53+/m0/s1. The van der Waals surface area contributed by atoms with Crippen LogP contribution in [0.5, 0.6) is 5.75 Å². The Morgan fingerprint density at radius 2 is 1.49 bits per heavy atom. The van der Waals surface area contributed by atoms with Gasteiger partial charge in [-0.2, -0.15) is 0 Å². The molecular formula is C54H60Cl3NO17. The average Bonchev–Trinajstić information content (AvgIpc) is 3.76. The number of carbonyl (C=O) groups excluding carboxylic acids is 6. The van der Waals surface area contributed by atoms with E-state index in [0.717, 1.165) is 6.92 Å². The summed E-state index contributed by atoms with van der Waals surface area (Å²) in [5.41, 5.74) is -8.40.